The predicted molar refractivity (Wildman–Crippen MR) is 132 cm³/mol. The van der Waals surface area contributed by atoms with Crippen molar-refractivity contribution >= 4 is 7.37 Å². The van der Waals surface area contributed by atoms with Gasteiger partial charge in [0, 0.05) is 11.3 Å². The van der Waals surface area contributed by atoms with Gasteiger partial charge < -0.3 is 4.89 Å². The second-order valence-corrected chi connectivity index (χ2v) is 12.2. The van der Waals surface area contributed by atoms with E-state index in [0.717, 1.165) is 57.8 Å². The topological polar surface area (TPSA) is 37.3 Å². The van der Waals surface area contributed by atoms with Crippen LogP contribution in [0.2, 0.25) is 0 Å². The summed E-state index contributed by atoms with van der Waals surface area (Å²) in [5.41, 5.74) is 0.105. The highest BCUT2D eigenvalue weighted by Crippen LogP contribution is 2.57. The Bertz CT molecular complexity index is 383. The summed E-state index contributed by atoms with van der Waals surface area (Å²) in [6.45, 7) is 8.92. The van der Waals surface area contributed by atoms with Crippen LogP contribution < -0.4 is 0 Å². The average molecular weight is 431 g/mol. The van der Waals surface area contributed by atoms with Crippen LogP contribution in [-0.2, 0) is 4.57 Å². The fourth-order valence-electron chi connectivity index (χ4n) is 4.54. The number of hydrogen-bond donors (Lipinski definition) is 1. The minimum Gasteiger partial charge on any atom is -0.344 e. The molecule has 0 aromatic heterocycles. The van der Waals surface area contributed by atoms with Gasteiger partial charge in [-0.15, -0.1) is 0 Å². The van der Waals surface area contributed by atoms with E-state index in [9.17, 15) is 9.46 Å². The molecule has 3 heteroatoms. The van der Waals surface area contributed by atoms with Gasteiger partial charge in [-0.05, 0) is 25.7 Å². The minimum absolute atomic E-state index is 0.0507. The van der Waals surface area contributed by atoms with Crippen molar-refractivity contribution in [2.24, 2.45) is 0 Å². The molecule has 0 aliphatic carbocycles. The van der Waals surface area contributed by atoms with E-state index < -0.39 is 7.37 Å². The van der Waals surface area contributed by atoms with E-state index in [2.05, 4.69) is 27.7 Å². The standard InChI is InChI=1S/C26H55O2P/c1-5-9-13-15-17-20-24-26(23-19-16-14-10-6-2)29(27,28)25(21-12-8-4)22-18-11-7-3/h25-26H,5-24H2,1-4H3,(H,27,28). The monoisotopic (exact) mass is 430 g/mol. The lowest BCUT2D eigenvalue weighted by Crippen LogP contribution is -2.20. The molecule has 29 heavy (non-hydrogen) atoms. The van der Waals surface area contributed by atoms with Crippen molar-refractivity contribution in [2.75, 3.05) is 0 Å². The largest absolute Gasteiger partial charge is 0.344 e. The third kappa shape index (κ3) is 14.8. The van der Waals surface area contributed by atoms with E-state index in [1.54, 1.807) is 0 Å². The fourth-order valence-corrected chi connectivity index (χ4v) is 7.35. The highest BCUT2D eigenvalue weighted by molar-refractivity contribution is 7.59. The average Bonchev–Trinajstić information content (AvgIpc) is 2.71. The SMILES string of the molecule is CCCCCCCCC(CCCCCCC)P(=O)(O)C(CCCC)CCCCC. The summed E-state index contributed by atoms with van der Waals surface area (Å²) in [6, 6.07) is 0. The molecule has 0 amide bonds. The van der Waals surface area contributed by atoms with Gasteiger partial charge in [0.2, 0.25) is 7.37 Å². The van der Waals surface area contributed by atoms with Crippen molar-refractivity contribution in [3.63, 3.8) is 0 Å². The maximum absolute atomic E-state index is 13.8. The van der Waals surface area contributed by atoms with E-state index >= 15 is 0 Å². The summed E-state index contributed by atoms with van der Waals surface area (Å²) < 4.78 is 13.8. The molecule has 0 spiro atoms. The molecule has 0 aromatic carbocycles. The molecular formula is C26H55O2P. The number of unbranched alkanes of at least 4 members (excludes halogenated alkanes) is 12. The van der Waals surface area contributed by atoms with Gasteiger partial charge in [-0.25, -0.2) is 0 Å². The van der Waals surface area contributed by atoms with Crippen molar-refractivity contribution in [1.29, 1.82) is 0 Å². The lowest BCUT2D eigenvalue weighted by atomic mass is 10.0. The lowest BCUT2D eigenvalue weighted by molar-refractivity contribution is 0.411. The zero-order valence-electron chi connectivity index (χ0n) is 20.6. The van der Waals surface area contributed by atoms with E-state index in [-0.39, 0.29) is 11.3 Å². The zero-order chi connectivity index (χ0) is 21.8. The molecule has 0 saturated carbocycles. The minimum atomic E-state index is -3.10. The van der Waals surface area contributed by atoms with Crippen LogP contribution >= 0.6 is 7.37 Å². The fraction of sp³-hybridized carbons (Fsp3) is 1.00. The molecule has 3 atom stereocenters. The summed E-state index contributed by atoms with van der Waals surface area (Å²) in [5, 5.41) is 0. The smallest absolute Gasteiger partial charge is 0.206 e. The highest BCUT2D eigenvalue weighted by atomic mass is 31.2. The molecule has 1 N–H and O–H groups in total. The van der Waals surface area contributed by atoms with E-state index in [1.165, 1.54) is 70.6 Å². The maximum Gasteiger partial charge on any atom is 0.206 e. The molecule has 3 unspecified atom stereocenters. The first kappa shape index (κ1) is 29.2. The summed E-state index contributed by atoms with van der Waals surface area (Å²) in [5.74, 6) is 0. The van der Waals surface area contributed by atoms with Gasteiger partial charge in [0.15, 0.2) is 0 Å². The van der Waals surface area contributed by atoms with Crippen molar-refractivity contribution in [2.45, 2.75) is 167 Å². The van der Waals surface area contributed by atoms with Crippen LogP contribution in [0.25, 0.3) is 0 Å². The van der Waals surface area contributed by atoms with Crippen molar-refractivity contribution in [3.05, 3.63) is 0 Å². The maximum atomic E-state index is 13.8. The van der Waals surface area contributed by atoms with Crippen LogP contribution in [-0.4, -0.2) is 16.2 Å². The normalized spacial score (nSPS) is 15.9. The van der Waals surface area contributed by atoms with Crippen LogP contribution in [0.3, 0.4) is 0 Å². The van der Waals surface area contributed by atoms with Gasteiger partial charge in [0.1, 0.15) is 0 Å². The van der Waals surface area contributed by atoms with Crippen LogP contribution in [0.4, 0.5) is 0 Å². The molecule has 176 valence electrons. The lowest BCUT2D eigenvalue weighted by Gasteiger charge is -2.30. The summed E-state index contributed by atoms with van der Waals surface area (Å²) in [4.78, 5) is 11.4. The molecule has 0 heterocycles. The predicted octanol–water partition coefficient (Wildman–Crippen LogP) is 9.88. The molecule has 0 aromatic rings. The molecule has 2 nitrogen and oxygen atoms in total. The van der Waals surface area contributed by atoms with E-state index in [1.807, 2.05) is 0 Å². The summed E-state index contributed by atoms with van der Waals surface area (Å²) in [7, 11) is -3.10. The Labute approximate surface area is 184 Å². The molecule has 0 radical (unpaired) electrons. The van der Waals surface area contributed by atoms with Crippen molar-refractivity contribution in [1.82, 2.24) is 0 Å². The van der Waals surface area contributed by atoms with Gasteiger partial charge in [0.25, 0.3) is 0 Å². The van der Waals surface area contributed by atoms with Crippen LogP contribution in [0.5, 0.6) is 0 Å². The van der Waals surface area contributed by atoms with E-state index in [4.69, 9.17) is 0 Å². The Kier molecular flexibility index (Phi) is 20.2. The Morgan fingerprint density at radius 3 is 1.17 bits per heavy atom. The van der Waals surface area contributed by atoms with E-state index in [0.29, 0.717) is 0 Å². The van der Waals surface area contributed by atoms with Crippen LogP contribution in [0, 0.1) is 0 Å². The zero-order valence-corrected chi connectivity index (χ0v) is 21.5. The Balaban J connectivity index is 4.87. The molecule has 0 aliphatic rings. The summed E-state index contributed by atoms with van der Waals surface area (Å²) in [6.07, 6.45) is 23.4. The molecular weight excluding hydrogens is 375 g/mol. The van der Waals surface area contributed by atoms with Gasteiger partial charge in [0.05, 0.1) is 0 Å². The first-order valence-electron chi connectivity index (χ1n) is 13.4. The van der Waals surface area contributed by atoms with Gasteiger partial charge in [-0.3, -0.25) is 4.57 Å². The molecule has 0 fully saturated rings. The third-order valence-electron chi connectivity index (χ3n) is 6.61. The molecule has 0 bridgehead atoms. The highest BCUT2D eigenvalue weighted by Gasteiger charge is 2.37. The van der Waals surface area contributed by atoms with Crippen molar-refractivity contribution < 1.29 is 9.46 Å². The molecule has 0 saturated heterocycles. The van der Waals surface area contributed by atoms with Crippen LogP contribution in [0.15, 0.2) is 0 Å². The second kappa shape index (κ2) is 20.1. The van der Waals surface area contributed by atoms with Crippen molar-refractivity contribution in [3.8, 4) is 0 Å². The van der Waals surface area contributed by atoms with Gasteiger partial charge in [-0.2, -0.15) is 0 Å². The van der Waals surface area contributed by atoms with Crippen LogP contribution in [0.1, 0.15) is 156 Å². The van der Waals surface area contributed by atoms with Gasteiger partial charge >= 0.3 is 0 Å². The third-order valence-corrected chi connectivity index (χ3v) is 9.74. The molecule has 0 aliphatic heterocycles. The Morgan fingerprint density at radius 1 is 0.483 bits per heavy atom. The molecule has 0 rings (SSSR count). The first-order valence-corrected chi connectivity index (χ1v) is 15.2. The Morgan fingerprint density at radius 2 is 0.759 bits per heavy atom. The number of hydrogen-bond acceptors (Lipinski definition) is 1. The summed E-state index contributed by atoms with van der Waals surface area (Å²) >= 11 is 0. The Hall–Kier alpha value is 0.190. The number of rotatable bonds is 22. The van der Waals surface area contributed by atoms with Gasteiger partial charge in [-0.1, -0.05) is 130 Å². The first-order chi connectivity index (χ1) is 14.0. The second-order valence-electron chi connectivity index (χ2n) is 9.38. The quantitative estimate of drug-likeness (QED) is 0.137.